The molecule has 3 aromatic heterocycles. The predicted octanol–water partition coefficient (Wildman–Crippen LogP) is 1.82. The fraction of sp³-hybridized carbons (Fsp3) is 0.235. The summed E-state index contributed by atoms with van der Waals surface area (Å²) in [6, 6.07) is 7.72. The van der Waals surface area contributed by atoms with E-state index in [1.165, 1.54) is 0 Å². The van der Waals surface area contributed by atoms with Gasteiger partial charge < -0.3 is 15.3 Å². The van der Waals surface area contributed by atoms with E-state index in [9.17, 15) is 4.79 Å². The molecule has 1 unspecified atom stereocenters. The van der Waals surface area contributed by atoms with Gasteiger partial charge in [-0.1, -0.05) is 26.0 Å². The Labute approximate surface area is 144 Å². The van der Waals surface area contributed by atoms with Crippen molar-refractivity contribution in [3.8, 4) is 11.4 Å². The van der Waals surface area contributed by atoms with Gasteiger partial charge in [-0.3, -0.25) is 9.89 Å². The van der Waals surface area contributed by atoms with Crippen LogP contribution in [0.15, 0.2) is 35.3 Å². The van der Waals surface area contributed by atoms with Crippen molar-refractivity contribution in [2.24, 2.45) is 5.92 Å². The monoisotopic (exact) mass is 334 g/mol. The van der Waals surface area contributed by atoms with E-state index in [-0.39, 0.29) is 11.5 Å². The third-order valence-corrected chi connectivity index (χ3v) is 4.60. The molecule has 25 heavy (non-hydrogen) atoms. The summed E-state index contributed by atoms with van der Waals surface area (Å²) in [6.07, 6.45) is 1.68. The third kappa shape index (κ3) is 2.59. The summed E-state index contributed by atoms with van der Waals surface area (Å²) >= 11 is 0. The van der Waals surface area contributed by atoms with Crippen molar-refractivity contribution in [2.45, 2.75) is 19.8 Å². The van der Waals surface area contributed by atoms with E-state index in [0.717, 1.165) is 11.0 Å². The van der Waals surface area contributed by atoms with Crippen molar-refractivity contribution in [3.63, 3.8) is 0 Å². The first-order chi connectivity index (χ1) is 12.0. The van der Waals surface area contributed by atoms with E-state index in [4.69, 9.17) is 0 Å². The number of nitrogens with one attached hydrogen (secondary N) is 4. The highest BCUT2D eigenvalue weighted by atomic mass is 16.1. The van der Waals surface area contributed by atoms with Gasteiger partial charge in [0.2, 0.25) is 0 Å². The largest absolute Gasteiger partial charge is 0.387 e. The highest BCUT2D eigenvalue weighted by Crippen LogP contribution is 2.30. The fourth-order valence-corrected chi connectivity index (χ4v) is 2.82. The van der Waals surface area contributed by atoms with E-state index in [2.05, 4.69) is 52.2 Å². The van der Waals surface area contributed by atoms with E-state index in [1.807, 2.05) is 24.3 Å². The second-order valence-corrected chi connectivity index (χ2v) is 6.63. The van der Waals surface area contributed by atoms with Crippen LogP contribution >= 0.6 is 0 Å². The molecule has 3 heterocycles. The second kappa shape index (κ2) is 5.80. The molecule has 0 saturated carbocycles. The number of rotatable bonds is 4. The maximum absolute atomic E-state index is 12.8. The van der Waals surface area contributed by atoms with Crippen LogP contribution in [0.4, 0.5) is 5.69 Å². The first kappa shape index (κ1) is 15.5. The molecule has 0 amide bonds. The van der Waals surface area contributed by atoms with Crippen molar-refractivity contribution >= 4 is 35.6 Å². The van der Waals surface area contributed by atoms with E-state index in [1.54, 1.807) is 6.20 Å². The first-order valence-electron chi connectivity index (χ1n) is 8.36. The summed E-state index contributed by atoms with van der Waals surface area (Å²) in [6.45, 7) is 4.26. The Morgan fingerprint density at radius 1 is 1.16 bits per heavy atom. The predicted molar refractivity (Wildman–Crippen MR) is 103 cm³/mol. The normalized spacial score (nSPS) is 12.9. The molecule has 0 radical (unpaired) electrons. The number of anilines is 1. The summed E-state index contributed by atoms with van der Waals surface area (Å²) in [5, 5.41) is 10.6. The van der Waals surface area contributed by atoms with Gasteiger partial charge in [-0.15, -0.1) is 0 Å². The lowest BCUT2D eigenvalue weighted by Crippen LogP contribution is -2.27. The van der Waals surface area contributed by atoms with Crippen LogP contribution in [0.2, 0.25) is 0 Å². The average molecular weight is 334 g/mol. The molecule has 126 valence electrons. The number of imidazole rings is 1. The maximum Gasteiger partial charge on any atom is 0.261 e. The minimum atomic E-state index is -0.202. The number of pyridine rings is 1. The van der Waals surface area contributed by atoms with E-state index in [0.29, 0.717) is 34.0 Å². The molecule has 8 heteroatoms. The number of aromatic amines is 3. The van der Waals surface area contributed by atoms with Crippen LogP contribution in [0.1, 0.15) is 13.8 Å². The SMILES string of the molecule is BC(Nc1c(-c2nc3ccccc3[nH]2)c(=O)[nH]c2c[nH]nc12)C(C)C. The van der Waals surface area contributed by atoms with Crippen molar-refractivity contribution in [2.75, 3.05) is 5.32 Å². The van der Waals surface area contributed by atoms with Gasteiger partial charge in [0.25, 0.3) is 5.56 Å². The third-order valence-electron chi connectivity index (χ3n) is 4.60. The Kier molecular flexibility index (Phi) is 3.60. The van der Waals surface area contributed by atoms with Gasteiger partial charge in [0.1, 0.15) is 24.8 Å². The number of H-pyrrole nitrogens is 3. The maximum atomic E-state index is 12.8. The van der Waals surface area contributed by atoms with Crippen LogP contribution in [0, 0.1) is 5.92 Å². The van der Waals surface area contributed by atoms with Crippen molar-refractivity contribution < 1.29 is 0 Å². The highest BCUT2D eigenvalue weighted by Gasteiger charge is 2.21. The lowest BCUT2D eigenvalue weighted by molar-refractivity contribution is 0.643. The van der Waals surface area contributed by atoms with Crippen molar-refractivity contribution in [1.82, 2.24) is 25.1 Å². The number of nitrogens with zero attached hydrogens (tertiary/aromatic N) is 2. The number of fused-ring (bicyclic) bond motifs is 2. The van der Waals surface area contributed by atoms with Gasteiger partial charge in [-0.05, 0) is 24.0 Å². The molecule has 0 bridgehead atoms. The average Bonchev–Trinajstić information content (AvgIpc) is 3.20. The quantitative estimate of drug-likeness (QED) is 0.428. The molecule has 0 spiro atoms. The second-order valence-electron chi connectivity index (χ2n) is 6.63. The minimum Gasteiger partial charge on any atom is -0.387 e. The Morgan fingerprint density at radius 3 is 2.72 bits per heavy atom. The fourth-order valence-electron chi connectivity index (χ4n) is 2.82. The molecule has 4 rings (SSSR count). The van der Waals surface area contributed by atoms with Crippen molar-refractivity contribution in [3.05, 3.63) is 40.8 Å². The summed E-state index contributed by atoms with van der Waals surface area (Å²) in [5.74, 6) is 1.10. The van der Waals surface area contributed by atoms with Crippen LogP contribution in [-0.4, -0.2) is 38.9 Å². The Morgan fingerprint density at radius 2 is 1.96 bits per heavy atom. The number of hydrogen-bond donors (Lipinski definition) is 4. The molecule has 0 saturated heterocycles. The standard InChI is InChI=1S/C17H19BN6O/c1-8(2)15(18)23-14-12(17(25)22-11-7-19-24-13(11)14)16-20-9-5-3-4-6-10(9)21-16/h3-8,15H,18H2,1-2H3,(H,19,24)(H,20,21)(H2,22,23,25). The number of aromatic nitrogens is 5. The number of hydrogen-bond acceptors (Lipinski definition) is 4. The molecule has 1 aromatic carbocycles. The Hall–Kier alpha value is -3.03. The van der Waals surface area contributed by atoms with Crippen molar-refractivity contribution in [1.29, 1.82) is 0 Å². The molecule has 7 nitrogen and oxygen atoms in total. The van der Waals surface area contributed by atoms with E-state index >= 15 is 0 Å². The van der Waals surface area contributed by atoms with Gasteiger partial charge in [0.15, 0.2) is 0 Å². The minimum absolute atomic E-state index is 0.171. The first-order valence-corrected chi connectivity index (χ1v) is 8.36. The lowest BCUT2D eigenvalue weighted by Gasteiger charge is -2.20. The molecule has 0 fully saturated rings. The lowest BCUT2D eigenvalue weighted by atomic mass is 9.85. The summed E-state index contributed by atoms with van der Waals surface area (Å²) in [7, 11) is 2.09. The molecule has 4 N–H and O–H groups in total. The smallest absolute Gasteiger partial charge is 0.261 e. The molecule has 4 aromatic rings. The number of para-hydroxylation sites is 2. The molecule has 1 atom stereocenters. The molecular formula is C17H19BN6O. The van der Waals surface area contributed by atoms with Gasteiger partial charge in [-0.25, -0.2) is 4.98 Å². The van der Waals surface area contributed by atoms with Gasteiger partial charge in [-0.2, -0.15) is 5.10 Å². The molecule has 0 aliphatic heterocycles. The van der Waals surface area contributed by atoms with Gasteiger partial charge in [0, 0.05) is 6.20 Å². The van der Waals surface area contributed by atoms with Crippen LogP contribution in [0.5, 0.6) is 0 Å². The van der Waals surface area contributed by atoms with E-state index < -0.39 is 0 Å². The summed E-state index contributed by atoms with van der Waals surface area (Å²) < 4.78 is 0. The van der Waals surface area contributed by atoms with Gasteiger partial charge in [0.05, 0.1) is 22.2 Å². The number of benzene rings is 1. The summed E-state index contributed by atoms with van der Waals surface area (Å²) in [4.78, 5) is 23.5. The Bertz CT molecular complexity index is 1080. The topological polar surface area (TPSA) is 102 Å². The van der Waals surface area contributed by atoms with Gasteiger partial charge >= 0.3 is 0 Å². The van der Waals surface area contributed by atoms with Crippen LogP contribution < -0.4 is 10.9 Å². The zero-order valence-electron chi connectivity index (χ0n) is 14.3. The highest BCUT2D eigenvalue weighted by molar-refractivity contribution is 6.14. The molecule has 0 aliphatic rings. The summed E-state index contributed by atoms with van der Waals surface area (Å²) in [5.41, 5.74) is 4.05. The van der Waals surface area contributed by atoms with Crippen LogP contribution in [0.25, 0.3) is 33.5 Å². The van der Waals surface area contributed by atoms with Crippen LogP contribution in [0.3, 0.4) is 0 Å². The molecular weight excluding hydrogens is 315 g/mol. The Balaban J connectivity index is 1.98. The molecule has 0 aliphatic carbocycles. The zero-order chi connectivity index (χ0) is 17.6. The zero-order valence-corrected chi connectivity index (χ0v) is 14.3. The van der Waals surface area contributed by atoms with Crippen LogP contribution in [-0.2, 0) is 0 Å².